The van der Waals surface area contributed by atoms with Gasteiger partial charge < -0.3 is 15.2 Å². The number of rotatable bonds is 4. The second-order valence-corrected chi connectivity index (χ2v) is 3.78. The monoisotopic (exact) mass is 234 g/mol. The number of hydrogen-bond acceptors (Lipinski definition) is 5. The molecule has 17 heavy (non-hydrogen) atoms. The van der Waals surface area contributed by atoms with Gasteiger partial charge in [0.05, 0.1) is 6.04 Å². The minimum atomic E-state index is -0.229. The first-order chi connectivity index (χ1) is 8.20. The van der Waals surface area contributed by atoms with Crippen LogP contribution in [-0.4, -0.2) is 15.1 Å². The second kappa shape index (κ2) is 4.92. The maximum Gasteiger partial charge on any atom is 0.274 e. The van der Waals surface area contributed by atoms with Gasteiger partial charge in [-0.25, -0.2) is 0 Å². The van der Waals surface area contributed by atoms with Gasteiger partial charge in [0.15, 0.2) is 5.82 Å². The van der Waals surface area contributed by atoms with Crippen molar-refractivity contribution < 1.29 is 4.52 Å². The molecule has 3 N–H and O–H groups in total. The summed E-state index contributed by atoms with van der Waals surface area (Å²) in [4.78, 5) is 17.9. The van der Waals surface area contributed by atoms with Crippen LogP contribution in [0.2, 0.25) is 0 Å². The van der Waals surface area contributed by atoms with Gasteiger partial charge in [-0.2, -0.15) is 4.98 Å². The molecule has 6 heteroatoms. The number of H-pyrrole nitrogens is 1. The quantitative estimate of drug-likeness (QED) is 0.828. The third-order valence-electron chi connectivity index (χ3n) is 2.37. The molecule has 1 unspecified atom stereocenters. The van der Waals surface area contributed by atoms with E-state index in [2.05, 4.69) is 15.1 Å². The van der Waals surface area contributed by atoms with E-state index in [9.17, 15) is 4.79 Å². The van der Waals surface area contributed by atoms with Gasteiger partial charge in [0.2, 0.25) is 5.56 Å². The predicted molar refractivity (Wildman–Crippen MR) is 62.2 cm³/mol. The predicted octanol–water partition coefficient (Wildman–Crippen LogP) is 1.22. The highest BCUT2D eigenvalue weighted by atomic mass is 16.5. The largest absolute Gasteiger partial charge is 0.332 e. The molecule has 2 aromatic rings. The zero-order valence-electron chi connectivity index (χ0n) is 9.51. The first-order valence-corrected chi connectivity index (χ1v) is 5.49. The van der Waals surface area contributed by atoms with Gasteiger partial charge >= 0.3 is 0 Å². The summed E-state index contributed by atoms with van der Waals surface area (Å²) in [5.41, 5.74) is 6.16. The smallest absolute Gasteiger partial charge is 0.274 e. The number of hydrogen-bond donors (Lipinski definition) is 2. The van der Waals surface area contributed by atoms with E-state index in [1.807, 2.05) is 6.92 Å². The molecule has 0 fully saturated rings. The molecule has 2 aromatic heterocycles. The molecule has 0 spiro atoms. The van der Waals surface area contributed by atoms with Crippen LogP contribution in [0.5, 0.6) is 0 Å². The van der Waals surface area contributed by atoms with Crippen LogP contribution >= 0.6 is 0 Å². The van der Waals surface area contributed by atoms with Crippen molar-refractivity contribution in [2.45, 2.75) is 25.8 Å². The summed E-state index contributed by atoms with van der Waals surface area (Å²) in [6.07, 6.45) is 1.75. The summed E-state index contributed by atoms with van der Waals surface area (Å²) in [5.74, 6) is 0.746. The van der Waals surface area contributed by atoms with Crippen LogP contribution in [0, 0.1) is 0 Å². The fraction of sp³-hybridized carbons (Fsp3) is 0.364. The number of nitrogens with one attached hydrogen (secondary N) is 1. The van der Waals surface area contributed by atoms with Crippen molar-refractivity contribution in [3.63, 3.8) is 0 Å². The maximum absolute atomic E-state index is 11.1. The Balaban J connectivity index is 2.26. The van der Waals surface area contributed by atoms with Crippen LogP contribution in [0.1, 0.15) is 31.6 Å². The third kappa shape index (κ3) is 2.59. The molecule has 0 aliphatic heterocycles. The zero-order chi connectivity index (χ0) is 12.3. The molecule has 0 aromatic carbocycles. The van der Waals surface area contributed by atoms with E-state index in [-0.39, 0.29) is 17.5 Å². The van der Waals surface area contributed by atoms with Gasteiger partial charge in [-0.15, -0.1) is 0 Å². The van der Waals surface area contributed by atoms with E-state index in [4.69, 9.17) is 10.3 Å². The Bertz CT molecular complexity index is 546. The Labute approximate surface area is 97.9 Å². The lowest BCUT2D eigenvalue weighted by atomic mass is 10.2. The Kier molecular flexibility index (Phi) is 3.34. The summed E-state index contributed by atoms with van der Waals surface area (Å²) in [5, 5.41) is 3.81. The van der Waals surface area contributed by atoms with E-state index < -0.39 is 0 Å². The van der Waals surface area contributed by atoms with E-state index in [0.29, 0.717) is 11.5 Å². The van der Waals surface area contributed by atoms with Crippen molar-refractivity contribution in [1.82, 2.24) is 15.1 Å². The molecule has 90 valence electrons. The van der Waals surface area contributed by atoms with Crippen molar-refractivity contribution in [1.29, 1.82) is 0 Å². The SMILES string of the molecule is CCCC(N)c1noc(-c2cccc(=O)[nH]2)n1. The lowest BCUT2D eigenvalue weighted by Crippen LogP contribution is -2.11. The molecule has 0 amide bonds. The van der Waals surface area contributed by atoms with E-state index >= 15 is 0 Å². The first kappa shape index (κ1) is 11.5. The number of aromatic nitrogens is 3. The Morgan fingerprint density at radius 2 is 2.35 bits per heavy atom. The van der Waals surface area contributed by atoms with Crippen molar-refractivity contribution in [2.75, 3.05) is 0 Å². The van der Waals surface area contributed by atoms with Crippen molar-refractivity contribution in [2.24, 2.45) is 5.73 Å². The summed E-state index contributed by atoms with van der Waals surface area (Å²) < 4.78 is 5.06. The zero-order valence-corrected chi connectivity index (χ0v) is 9.51. The molecule has 0 aliphatic carbocycles. The Morgan fingerprint density at radius 3 is 3.06 bits per heavy atom. The highest BCUT2D eigenvalue weighted by Crippen LogP contribution is 2.17. The third-order valence-corrected chi connectivity index (χ3v) is 2.37. The van der Waals surface area contributed by atoms with Crippen LogP contribution < -0.4 is 11.3 Å². The molecule has 2 heterocycles. The highest BCUT2D eigenvalue weighted by molar-refractivity contribution is 5.45. The van der Waals surface area contributed by atoms with Gasteiger partial charge in [0.25, 0.3) is 5.89 Å². The van der Waals surface area contributed by atoms with Crippen LogP contribution in [0.4, 0.5) is 0 Å². The number of aromatic amines is 1. The lowest BCUT2D eigenvalue weighted by Gasteiger charge is -2.02. The molecular formula is C11H14N4O2. The van der Waals surface area contributed by atoms with Crippen LogP contribution in [-0.2, 0) is 0 Å². The molecule has 0 aliphatic rings. The Hall–Kier alpha value is -1.95. The minimum absolute atomic E-state index is 0.208. The van der Waals surface area contributed by atoms with Crippen LogP contribution in [0.15, 0.2) is 27.5 Å². The summed E-state index contributed by atoms with van der Waals surface area (Å²) in [7, 11) is 0. The van der Waals surface area contributed by atoms with E-state index in [1.54, 1.807) is 12.1 Å². The minimum Gasteiger partial charge on any atom is -0.332 e. The van der Waals surface area contributed by atoms with E-state index in [0.717, 1.165) is 12.8 Å². The average Bonchev–Trinajstić information content (AvgIpc) is 2.78. The van der Waals surface area contributed by atoms with Gasteiger partial charge in [0, 0.05) is 6.07 Å². The van der Waals surface area contributed by atoms with Crippen molar-refractivity contribution in [3.8, 4) is 11.6 Å². The molecule has 1 atom stereocenters. The molecule has 0 radical (unpaired) electrons. The number of nitrogens with zero attached hydrogens (tertiary/aromatic N) is 2. The van der Waals surface area contributed by atoms with Crippen LogP contribution in [0.25, 0.3) is 11.6 Å². The maximum atomic E-state index is 11.1. The first-order valence-electron chi connectivity index (χ1n) is 5.49. The summed E-state index contributed by atoms with van der Waals surface area (Å²) in [6.45, 7) is 2.04. The molecule has 6 nitrogen and oxygen atoms in total. The normalized spacial score (nSPS) is 12.6. The van der Waals surface area contributed by atoms with Crippen LogP contribution in [0.3, 0.4) is 0 Å². The molecule has 0 bridgehead atoms. The fourth-order valence-electron chi connectivity index (χ4n) is 1.51. The molecule has 0 saturated carbocycles. The van der Waals surface area contributed by atoms with E-state index in [1.165, 1.54) is 6.07 Å². The van der Waals surface area contributed by atoms with Gasteiger partial charge in [-0.3, -0.25) is 4.79 Å². The molecule has 2 rings (SSSR count). The van der Waals surface area contributed by atoms with Gasteiger partial charge in [-0.1, -0.05) is 24.6 Å². The topological polar surface area (TPSA) is 97.8 Å². The van der Waals surface area contributed by atoms with Crippen molar-refractivity contribution >= 4 is 0 Å². The van der Waals surface area contributed by atoms with Gasteiger partial charge in [0.1, 0.15) is 5.69 Å². The second-order valence-electron chi connectivity index (χ2n) is 3.78. The Morgan fingerprint density at radius 1 is 1.53 bits per heavy atom. The number of nitrogens with two attached hydrogens (primary N) is 1. The lowest BCUT2D eigenvalue weighted by molar-refractivity contribution is 0.412. The standard InChI is InChI=1S/C11H14N4O2/c1-2-4-7(12)10-14-11(17-15-10)8-5-3-6-9(16)13-8/h3,5-7H,2,4,12H2,1H3,(H,13,16). The fourth-order valence-corrected chi connectivity index (χ4v) is 1.51. The van der Waals surface area contributed by atoms with Gasteiger partial charge in [-0.05, 0) is 12.5 Å². The summed E-state index contributed by atoms with van der Waals surface area (Å²) >= 11 is 0. The van der Waals surface area contributed by atoms with Crippen molar-refractivity contribution in [3.05, 3.63) is 34.4 Å². The summed E-state index contributed by atoms with van der Waals surface area (Å²) in [6, 6.07) is 4.52. The number of pyridine rings is 1. The average molecular weight is 234 g/mol. The molecular weight excluding hydrogens is 220 g/mol. The molecule has 0 saturated heterocycles. The highest BCUT2D eigenvalue weighted by Gasteiger charge is 2.14.